The van der Waals surface area contributed by atoms with Crippen LogP contribution in [0.25, 0.3) is 5.52 Å². The van der Waals surface area contributed by atoms with E-state index in [1.165, 1.54) is 4.90 Å². The molecule has 2 bridgehead atoms. The van der Waals surface area contributed by atoms with Gasteiger partial charge in [-0.1, -0.05) is 11.6 Å². The molecule has 138 valence electrons. The van der Waals surface area contributed by atoms with Crippen LogP contribution in [0.3, 0.4) is 0 Å². The Morgan fingerprint density at radius 1 is 1.35 bits per heavy atom. The van der Waals surface area contributed by atoms with Crippen molar-refractivity contribution in [3.05, 3.63) is 35.4 Å². The van der Waals surface area contributed by atoms with E-state index in [2.05, 4.69) is 10.3 Å². The van der Waals surface area contributed by atoms with E-state index in [9.17, 15) is 9.59 Å². The molecule has 0 spiro atoms. The molecule has 4 rings (SSSR count). The first-order chi connectivity index (χ1) is 12.3. The maximum atomic E-state index is 12.9. The normalized spacial score (nSPS) is 25.0. The van der Waals surface area contributed by atoms with Gasteiger partial charge in [0.25, 0.3) is 0 Å². The van der Waals surface area contributed by atoms with Crippen LogP contribution >= 0.6 is 11.6 Å². The van der Waals surface area contributed by atoms with E-state index >= 15 is 0 Å². The molecule has 1 unspecified atom stereocenters. The summed E-state index contributed by atoms with van der Waals surface area (Å²) in [5.74, 6) is 0.763. The second kappa shape index (κ2) is 5.87. The van der Waals surface area contributed by atoms with Gasteiger partial charge in [-0.25, -0.2) is 9.78 Å². The third-order valence-electron chi connectivity index (χ3n) is 5.62. The van der Waals surface area contributed by atoms with Gasteiger partial charge in [0.2, 0.25) is 5.91 Å². The van der Waals surface area contributed by atoms with Gasteiger partial charge in [0.05, 0.1) is 22.3 Å². The molecule has 1 saturated heterocycles. The van der Waals surface area contributed by atoms with Gasteiger partial charge in [0.15, 0.2) is 0 Å². The maximum absolute atomic E-state index is 12.9. The van der Waals surface area contributed by atoms with E-state index in [0.29, 0.717) is 23.9 Å². The summed E-state index contributed by atoms with van der Waals surface area (Å²) in [7, 11) is 0. The SMILES string of the molecule is CC(C)(NC(=O)C1[C@@H]2C[C@H]1CN(C(=O)O)C2)c1ncc2c(Cl)cccn12. The number of halogens is 1. The highest BCUT2D eigenvalue weighted by atomic mass is 35.5. The number of hydrogen-bond donors (Lipinski definition) is 2. The first-order valence-corrected chi connectivity index (χ1v) is 9.07. The predicted octanol–water partition coefficient (Wildman–Crippen LogP) is 2.58. The molecule has 2 aliphatic rings. The summed E-state index contributed by atoms with van der Waals surface area (Å²) in [4.78, 5) is 29.9. The number of pyridine rings is 1. The second-order valence-corrected chi connectivity index (χ2v) is 8.18. The van der Waals surface area contributed by atoms with Crippen LogP contribution < -0.4 is 5.32 Å². The zero-order valence-corrected chi connectivity index (χ0v) is 15.4. The first kappa shape index (κ1) is 17.1. The minimum absolute atomic E-state index is 0.0277. The number of likely N-dealkylation sites (tertiary alicyclic amines) is 1. The largest absolute Gasteiger partial charge is 0.465 e. The number of piperidine rings is 2. The topological polar surface area (TPSA) is 86.9 Å². The molecule has 1 aliphatic carbocycles. The average molecular weight is 377 g/mol. The molecule has 26 heavy (non-hydrogen) atoms. The number of amides is 2. The molecule has 2 fully saturated rings. The Morgan fingerprint density at radius 2 is 2.04 bits per heavy atom. The molecule has 0 aromatic carbocycles. The predicted molar refractivity (Wildman–Crippen MR) is 96.1 cm³/mol. The smallest absolute Gasteiger partial charge is 0.407 e. The lowest BCUT2D eigenvalue weighted by molar-refractivity contribution is -0.142. The molecule has 3 atom stereocenters. The van der Waals surface area contributed by atoms with E-state index in [-0.39, 0.29) is 23.7 Å². The summed E-state index contributed by atoms with van der Waals surface area (Å²) in [6.45, 7) is 4.70. The van der Waals surface area contributed by atoms with Crippen molar-refractivity contribution in [2.75, 3.05) is 13.1 Å². The summed E-state index contributed by atoms with van der Waals surface area (Å²) in [5, 5.41) is 12.9. The fourth-order valence-electron chi connectivity index (χ4n) is 4.37. The zero-order chi connectivity index (χ0) is 18.6. The lowest BCUT2D eigenvalue weighted by Crippen LogP contribution is -2.62. The average Bonchev–Trinajstić information content (AvgIpc) is 3.00. The Kier molecular flexibility index (Phi) is 3.87. The number of imidazole rings is 1. The van der Waals surface area contributed by atoms with Crippen LogP contribution in [0.1, 0.15) is 26.1 Å². The second-order valence-electron chi connectivity index (χ2n) is 7.78. The van der Waals surface area contributed by atoms with Crippen LogP contribution in [-0.2, 0) is 10.3 Å². The number of carbonyl (C=O) groups is 2. The highest BCUT2D eigenvalue weighted by Crippen LogP contribution is 2.46. The van der Waals surface area contributed by atoms with Crippen LogP contribution in [0.5, 0.6) is 0 Å². The minimum Gasteiger partial charge on any atom is -0.465 e. The molecule has 1 saturated carbocycles. The summed E-state index contributed by atoms with van der Waals surface area (Å²) < 4.78 is 1.89. The van der Waals surface area contributed by atoms with Gasteiger partial charge in [-0.15, -0.1) is 0 Å². The number of fused-ring (bicyclic) bond motifs is 3. The van der Waals surface area contributed by atoms with Crippen molar-refractivity contribution < 1.29 is 14.7 Å². The number of nitrogens with one attached hydrogen (secondary N) is 1. The number of hydrogen-bond acceptors (Lipinski definition) is 3. The number of rotatable bonds is 3. The van der Waals surface area contributed by atoms with E-state index in [1.807, 2.05) is 30.5 Å². The maximum Gasteiger partial charge on any atom is 0.407 e. The van der Waals surface area contributed by atoms with Gasteiger partial charge < -0.3 is 19.7 Å². The highest BCUT2D eigenvalue weighted by molar-refractivity contribution is 6.33. The summed E-state index contributed by atoms with van der Waals surface area (Å²) >= 11 is 6.21. The standard InChI is InChI=1S/C18H21ClN4O3/c1-18(2,16-20-7-13-12(19)4-3-5-23(13)16)21-15(24)14-10-6-11(14)9-22(8-10)17(25)26/h3-5,7,10-11,14H,6,8-9H2,1-2H3,(H,21,24)(H,25,26)/t10-,11+,14?. The van der Waals surface area contributed by atoms with Crippen molar-refractivity contribution in [3.8, 4) is 0 Å². The monoisotopic (exact) mass is 376 g/mol. The third kappa shape index (κ3) is 2.61. The molecule has 2 aromatic rings. The lowest BCUT2D eigenvalue weighted by Gasteiger charge is -2.52. The number of nitrogens with zero attached hydrogens (tertiary/aromatic N) is 3. The van der Waals surface area contributed by atoms with Gasteiger partial charge in [-0.3, -0.25) is 4.79 Å². The zero-order valence-electron chi connectivity index (χ0n) is 14.6. The summed E-state index contributed by atoms with van der Waals surface area (Å²) in [6.07, 6.45) is 3.60. The van der Waals surface area contributed by atoms with E-state index in [0.717, 1.165) is 11.9 Å². The van der Waals surface area contributed by atoms with Crippen molar-refractivity contribution in [1.82, 2.24) is 19.6 Å². The molecule has 2 amide bonds. The number of carboxylic acid groups (broad SMARTS) is 1. The Morgan fingerprint density at radius 3 is 2.69 bits per heavy atom. The van der Waals surface area contributed by atoms with Gasteiger partial charge in [0.1, 0.15) is 5.82 Å². The molecule has 7 nitrogen and oxygen atoms in total. The Bertz CT molecular complexity index is 882. The molecule has 3 heterocycles. The van der Waals surface area contributed by atoms with Gasteiger partial charge in [-0.2, -0.15) is 0 Å². The first-order valence-electron chi connectivity index (χ1n) is 8.70. The Hall–Kier alpha value is -2.28. The fourth-order valence-corrected chi connectivity index (χ4v) is 4.58. The molecular formula is C18H21ClN4O3. The van der Waals surface area contributed by atoms with E-state index < -0.39 is 11.6 Å². The summed E-state index contributed by atoms with van der Waals surface area (Å²) in [5.41, 5.74) is 0.119. The molecule has 0 radical (unpaired) electrons. The molecule has 8 heteroatoms. The number of aromatic nitrogens is 2. The summed E-state index contributed by atoms with van der Waals surface area (Å²) in [6, 6.07) is 3.65. The van der Waals surface area contributed by atoms with Gasteiger partial charge >= 0.3 is 6.09 Å². The van der Waals surface area contributed by atoms with Crippen molar-refractivity contribution in [2.45, 2.75) is 25.8 Å². The minimum atomic E-state index is -0.903. The van der Waals surface area contributed by atoms with Crippen LogP contribution in [0.2, 0.25) is 5.02 Å². The van der Waals surface area contributed by atoms with Gasteiger partial charge in [0, 0.05) is 25.2 Å². The van der Waals surface area contributed by atoms with Crippen molar-refractivity contribution in [1.29, 1.82) is 0 Å². The van der Waals surface area contributed by atoms with Crippen LogP contribution in [0.15, 0.2) is 24.5 Å². The quantitative estimate of drug-likeness (QED) is 0.861. The van der Waals surface area contributed by atoms with Crippen molar-refractivity contribution in [3.63, 3.8) is 0 Å². The molecular weight excluding hydrogens is 356 g/mol. The van der Waals surface area contributed by atoms with Crippen LogP contribution in [0.4, 0.5) is 4.79 Å². The molecule has 2 aromatic heterocycles. The van der Waals surface area contributed by atoms with E-state index in [4.69, 9.17) is 16.7 Å². The van der Waals surface area contributed by atoms with Crippen LogP contribution in [-0.4, -0.2) is 44.5 Å². The number of carbonyl (C=O) groups excluding carboxylic acids is 1. The van der Waals surface area contributed by atoms with Crippen molar-refractivity contribution in [2.24, 2.45) is 17.8 Å². The highest BCUT2D eigenvalue weighted by Gasteiger charge is 2.52. The molecule has 2 N–H and O–H groups in total. The van der Waals surface area contributed by atoms with E-state index in [1.54, 1.807) is 12.3 Å². The Balaban J connectivity index is 1.52. The molecule has 1 aliphatic heterocycles. The lowest BCUT2D eigenvalue weighted by atomic mass is 9.61. The third-order valence-corrected chi connectivity index (χ3v) is 5.94. The Labute approximate surface area is 156 Å². The fraction of sp³-hybridized carbons (Fsp3) is 0.500. The van der Waals surface area contributed by atoms with Crippen LogP contribution in [0, 0.1) is 17.8 Å². The van der Waals surface area contributed by atoms with Gasteiger partial charge in [-0.05, 0) is 44.2 Å². The van der Waals surface area contributed by atoms with Crippen molar-refractivity contribution >= 4 is 29.1 Å².